The Hall–Kier alpha value is -2.27. The van der Waals surface area contributed by atoms with Crippen molar-refractivity contribution in [3.63, 3.8) is 0 Å². The third-order valence-corrected chi connectivity index (χ3v) is 6.47. The molecule has 0 bridgehead atoms. The fraction of sp³-hybridized carbons (Fsp3) is 0.462. The molecule has 0 aromatic heterocycles. The van der Waals surface area contributed by atoms with Crippen molar-refractivity contribution in [1.82, 2.24) is 10.2 Å². The number of amides is 2. The summed E-state index contributed by atoms with van der Waals surface area (Å²) in [6.07, 6.45) is 2.21. The van der Waals surface area contributed by atoms with E-state index in [0.717, 1.165) is 18.6 Å². The molecule has 0 aliphatic rings. The van der Waals surface area contributed by atoms with Gasteiger partial charge in [-0.05, 0) is 44.2 Å². The first-order valence-corrected chi connectivity index (χ1v) is 12.4. The van der Waals surface area contributed by atoms with Crippen LogP contribution in [-0.2, 0) is 21.8 Å². The van der Waals surface area contributed by atoms with Gasteiger partial charge in [-0.15, -0.1) is 11.8 Å². The third-order valence-electron chi connectivity index (χ3n) is 5.49. The van der Waals surface area contributed by atoms with Gasteiger partial charge in [-0.1, -0.05) is 74.0 Å². The van der Waals surface area contributed by atoms with Gasteiger partial charge < -0.3 is 10.2 Å². The van der Waals surface area contributed by atoms with Gasteiger partial charge in [0.05, 0.1) is 5.75 Å². The predicted octanol–water partition coefficient (Wildman–Crippen LogP) is 4.99. The molecule has 0 aliphatic heterocycles. The zero-order valence-corrected chi connectivity index (χ0v) is 20.1. The van der Waals surface area contributed by atoms with Crippen LogP contribution in [0.5, 0.6) is 0 Å². The number of hydrogen-bond acceptors (Lipinski definition) is 3. The summed E-state index contributed by atoms with van der Waals surface area (Å²) in [5, 5.41) is 3.06. The maximum absolute atomic E-state index is 13.2. The van der Waals surface area contributed by atoms with Crippen molar-refractivity contribution in [3.8, 4) is 0 Å². The van der Waals surface area contributed by atoms with E-state index in [-0.39, 0.29) is 17.9 Å². The van der Waals surface area contributed by atoms with E-state index in [4.69, 9.17) is 0 Å². The molecule has 2 aromatic rings. The Kier molecular flexibility index (Phi) is 10.6. The summed E-state index contributed by atoms with van der Waals surface area (Å²) in [5.41, 5.74) is 3.61. The minimum absolute atomic E-state index is 0.0270. The highest BCUT2D eigenvalue weighted by atomic mass is 32.2. The van der Waals surface area contributed by atoms with Crippen molar-refractivity contribution in [2.45, 2.75) is 64.8 Å². The van der Waals surface area contributed by atoms with Gasteiger partial charge in [-0.25, -0.2) is 0 Å². The van der Waals surface area contributed by atoms with Crippen LogP contribution in [-0.4, -0.2) is 41.1 Å². The van der Waals surface area contributed by atoms with E-state index < -0.39 is 6.04 Å². The van der Waals surface area contributed by atoms with Crippen molar-refractivity contribution < 1.29 is 9.59 Å². The Labute approximate surface area is 191 Å². The molecule has 0 aliphatic carbocycles. The highest BCUT2D eigenvalue weighted by molar-refractivity contribution is 7.99. The van der Waals surface area contributed by atoms with Crippen LogP contribution in [0.3, 0.4) is 0 Å². The Morgan fingerprint density at radius 2 is 1.65 bits per heavy atom. The molecule has 0 spiro atoms. The maximum Gasteiger partial charge on any atom is 0.243 e. The van der Waals surface area contributed by atoms with E-state index >= 15 is 0 Å². The number of rotatable bonds is 12. The van der Waals surface area contributed by atoms with E-state index in [9.17, 15) is 9.59 Å². The van der Waals surface area contributed by atoms with Gasteiger partial charge in [0.25, 0.3) is 0 Å². The Bertz CT molecular complexity index is 808. The molecule has 0 heterocycles. The normalized spacial score (nSPS) is 12.8. The van der Waals surface area contributed by atoms with Gasteiger partial charge in [0.1, 0.15) is 6.04 Å². The molecular formula is C26H36N2O2S. The van der Waals surface area contributed by atoms with E-state index in [1.165, 1.54) is 16.7 Å². The lowest BCUT2D eigenvalue weighted by Crippen LogP contribution is -2.52. The molecule has 0 saturated heterocycles. The van der Waals surface area contributed by atoms with Crippen LogP contribution in [0.25, 0.3) is 0 Å². The molecule has 0 fully saturated rings. The molecule has 168 valence electrons. The van der Waals surface area contributed by atoms with Gasteiger partial charge in [0.2, 0.25) is 11.8 Å². The molecule has 4 nitrogen and oxygen atoms in total. The van der Waals surface area contributed by atoms with Crippen molar-refractivity contribution in [2.75, 3.05) is 12.3 Å². The second-order valence-electron chi connectivity index (χ2n) is 8.04. The average Bonchev–Trinajstić information content (AvgIpc) is 2.78. The number of carbonyl (C=O) groups excluding carboxylic acids is 2. The number of nitrogens with one attached hydrogen (secondary N) is 1. The largest absolute Gasteiger partial charge is 0.352 e. The minimum Gasteiger partial charge on any atom is -0.352 e. The van der Waals surface area contributed by atoms with Crippen molar-refractivity contribution >= 4 is 23.6 Å². The first-order chi connectivity index (χ1) is 14.9. The standard InChI is InChI=1S/C26H36N2O2S/c1-5-21(4)27-26(30)24(6-2)28(17-16-22-10-8-7-9-11-22)25(29)19-31-18-23-14-12-20(3)13-15-23/h7-15,21,24H,5-6,16-19H2,1-4H3,(H,27,30)/t21-,24-/m0/s1. The van der Waals surface area contributed by atoms with Crippen LogP contribution in [0.15, 0.2) is 54.6 Å². The number of carbonyl (C=O) groups is 2. The van der Waals surface area contributed by atoms with Crippen LogP contribution >= 0.6 is 11.8 Å². The smallest absolute Gasteiger partial charge is 0.243 e. The topological polar surface area (TPSA) is 49.4 Å². The van der Waals surface area contributed by atoms with Gasteiger partial charge in [0, 0.05) is 18.3 Å². The highest BCUT2D eigenvalue weighted by Gasteiger charge is 2.28. The zero-order chi connectivity index (χ0) is 22.6. The van der Waals surface area contributed by atoms with Crippen LogP contribution in [0.2, 0.25) is 0 Å². The summed E-state index contributed by atoms with van der Waals surface area (Å²) in [5.74, 6) is 1.13. The number of aryl methyl sites for hydroxylation is 1. The quantitative estimate of drug-likeness (QED) is 0.506. The van der Waals surface area contributed by atoms with Gasteiger partial charge in [0.15, 0.2) is 0 Å². The maximum atomic E-state index is 13.2. The number of hydrogen-bond donors (Lipinski definition) is 1. The van der Waals surface area contributed by atoms with Gasteiger partial charge in [-0.2, -0.15) is 0 Å². The van der Waals surface area contributed by atoms with E-state index in [1.54, 1.807) is 16.7 Å². The lowest BCUT2D eigenvalue weighted by Gasteiger charge is -2.31. The Balaban J connectivity index is 2.05. The summed E-state index contributed by atoms with van der Waals surface area (Å²) in [4.78, 5) is 27.9. The highest BCUT2D eigenvalue weighted by Crippen LogP contribution is 2.16. The van der Waals surface area contributed by atoms with E-state index in [1.807, 2.05) is 39.0 Å². The van der Waals surface area contributed by atoms with Gasteiger partial charge in [-0.3, -0.25) is 9.59 Å². The molecule has 0 unspecified atom stereocenters. The lowest BCUT2D eigenvalue weighted by atomic mass is 10.1. The fourth-order valence-electron chi connectivity index (χ4n) is 3.36. The molecule has 0 radical (unpaired) electrons. The summed E-state index contributed by atoms with van der Waals surface area (Å²) in [6, 6.07) is 18.2. The van der Waals surface area contributed by atoms with Gasteiger partial charge >= 0.3 is 0 Å². The Morgan fingerprint density at radius 1 is 0.968 bits per heavy atom. The van der Waals surface area contributed by atoms with Crippen LogP contribution < -0.4 is 5.32 Å². The van der Waals surface area contributed by atoms with E-state index in [0.29, 0.717) is 18.7 Å². The van der Waals surface area contributed by atoms with Crippen molar-refractivity contribution in [1.29, 1.82) is 0 Å². The molecule has 0 saturated carbocycles. The number of nitrogens with zero attached hydrogens (tertiary/aromatic N) is 1. The first-order valence-electron chi connectivity index (χ1n) is 11.2. The summed E-state index contributed by atoms with van der Waals surface area (Å²) < 4.78 is 0. The molecule has 2 aromatic carbocycles. The second-order valence-corrected chi connectivity index (χ2v) is 9.03. The first kappa shape index (κ1) is 25.0. The summed E-state index contributed by atoms with van der Waals surface area (Å²) >= 11 is 1.61. The lowest BCUT2D eigenvalue weighted by molar-refractivity contribution is -0.139. The monoisotopic (exact) mass is 440 g/mol. The molecule has 2 amide bonds. The second kappa shape index (κ2) is 13.2. The third kappa shape index (κ3) is 8.41. The summed E-state index contributed by atoms with van der Waals surface area (Å²) in [7, 11) is 0. The SMILES string of the molecule is CC[C@H](C)NC(=O)[C@H](CC)N(CCc1ccccc1)C(=O)CSCc1ccc(C)cc1. The molecule has 2 rings (SSSR count). The van der Waals surface area contributed by atoms with Crippen LogP contribution in [0, 0.1) is 6.92 Å². The number of thioether (sulfide) groups is 1. The minimum atomic E-state index is -0.440. The zero-order valence-electron chi connectivity index (χ0n) is 19.3. The average molecular weight is 441 g/mol. The number of benzene rings is 2. The molecule has 5 heteroatoms. The molecule has 2 atom stereocenters. The van der Waals surface area contributed by atoms with Crippen LogP contribution in [0.4, 0.5) is 0 Å². The Morgan fingerprint density at radius 3 is 2.26 bits per heavy atom. The van der Waals surface area contributed by atoms with E-state index in [2.05, 4.69) is 48.6 Å². The predicted molar refractivity (Wildman–Crippen MR) is 131 cm³/mol. The molecule has 31 heavy (non-hydrogen) atoms. The fourth-order valence-corrected chi connectivity index (χ4v) is 4.23. The van der Waals surface area contributed by atoms with Crippen LogP contribution in [0.1, 0.15) is 50.3 Å². The van der Waals surface area contributed by atoms with Crippen molar-refractivity contribution in [3.05, 3.63) is 71.3 Å². The molecular weight excluding hydrogens is 404 g/mol. The molecule has 1 N–H and O–H groups in total. The summed E-state index contributed by atoms with van der Waals surface area (Å²) in [6.45, 7) is 8.63. The van der Waals surface area contributed by atoms with Crippen molar-refractivity contribution in [2.24, 2.45) is 0 Å².